The van der Waals surface area contributed by atoms with Crippen molar-refractivity contribution in [3.63, 3.8) is 0 Å². The fourth-order valence-electron chi connectivity index (χ4n) is 2.27. The first-order valence-corrected chi connectivity index (χ1v) is 6.52. The smallest absolute Gasteiger partial charge is 0.123 e. The number of nitrogens with one attached hydrogen (secondary N) is 1. The Morgan fingerprint density at radius 2 is 1.94 bits per heavy atom. The van der Waals surface area contributed by atoms with E-state index in [1.165, 1.54) is 5.56 Å². The molecule has 0 spiro atoms. The largest absolute Gasteiger partial charge is 0.496 e. The van der Waals surface area contributed by atoms with Gasteiger partial charge >= 0.3 is 0 Å². The van der Waals surface area contributed by atoms with Gasteiger partial charge in [0.1, 0.15) is 5.75 Å². The Labute approximate surface area is 110 Å². The minimum Gasteiger partial charge on any atom is -0.496 e. The maximum absolute atomic E-state index is 9.38. The molecule has 0 heterocycles. The van der Waals surface area contributed by atoms with E-state index in [0.29, 0.717) is 0 Å². The van der Waals surface area contributed by atoms with Crippen LogP contribution in [-0.2, 0) is 0 Å². The monoisotopic (exact) mass is 251 g/mol. The lowest BCUT2D eigenvalue weighted by molar-refractivity contribution is 0.168. The third-order valence-corrected chi connectivity index (χ3v) is 3.08. The molecule has 1 rings (SSSR count). The Morgan fingerprint density at radius 3 is 2.50 bits per heavy atom. The lowest BCUT2D eigenvalue weighted by atomic mass is 10.0. The summed E-state index contributed by atoms with van der Waals surface area (Å²) in [7, 11) is 1.70. The molecule has 1 aromatic carbocycles. The Morgan fingerprint density at radius 1 is 1.28 bits per heavy atom. The van der Waals surface area contributed by atoms with Crippen LogP contribution in [0.15, 0.2) is 18.2 Å². The summed E-state index contributed by atoms with van der Waals surface area (Å²) in [5.74, 6) is 0.916. The zero-order valence-corrected chi connectivity index (χ0v) is 12.0. The van der Waals surface area contributed by atoms with E-state index in [2.05, 4.69) is 38.2 Å². The summed E-state index contributed by atoms with van der Waals surface area (Å²) in [5, 5.41) is 12.9. The van der Waals surface area contributed by atoms with Crippen molar-refractivity contribution in [3.8, 4) is 5.75 Å². The van der Waals surface area contributed by atoms with Crippen LogP contribution >= 0.6 is 0 Å². The van der Waals surface area contributed by atoms with Crippen LogP contribution in [0.1, 0.15) is 44.4 Å². The lowest BCUT2D eigenvalue weighted by Gasteiger charge is -2.23. The minimum atomic E-state index is -0.278. The van der Waals surface area contributed by atoms with Gasteiger partial charge in [0.05, 0.1) is 13.2 Å². The maximum Gasteiger partial charge on any atom is 0.123 e. The number of benzene rings is 1. The molecule has 1 aromatic rings. The summed E-state index contributed by atoms with van der Waals surface area (Å²) in [6, 6.07) is 6.71. The van der Waals surface area contributed by atoms with Crippen molar-refractivity contribution in [2.45, 2.75) is 52.3 Å². The van der Waals surface area contributed by atoms with Crippen molar-refractivity contribution in [3.05, 3.63) is 29.3 Å². The average molecular weight is 251 g/mol. The Hall–Kier alpha value is -1.06. The number of aryl methyl sites for hydroxylation is 1. The van der Waals surface area contributed by atoms with E-state index in [1.54, 1.807) is 7.11 Å². The van der Waals surface area contributed by atoms with Crippen LogP contribution in [0.25, 0.3) is 0 Å². The molecule has 0 aliphatic rings. The minimum absolute atomic E-state index is 0.203. The van der Waals surface area contributed by atoms with Crippen molar-refractivity contribution >= 4 is 0 Å². The van der Waals surface area contributed by atoms with Crippen LogP contribution in [0, 0.1) is 6.92 Å². The van der Waals surface area contributed by atoms with Crippen LogP contribution < -0.4 is 10.1 Å². The summed E-state index contributed by atoms with van der Waals surface area (Å²) in [4.78, 5) is 0. The summed E-state index contributed by atoms with van der Waals surface area (Å²) < 4.78 is 5.42. The molecule has 102 valence electrons. The number of aliphatic hydroxyl groups excluding tert-OH is 1. The predicted molar refractivity (Wildman–Crippen MR) is 75.0 cm³/mol. The second kappa shape index (κ2) is 6.76. The van der Waals surface area contributed by atoms with Gasteiger partial charge in [0, 0.05) is 17.6 Å². The number of methoxy groups -OCH3 is 1. The van der Waals surface area contributed by atoms with Crippen LogP contribution in [0.4, 0.5) is 0 Å². The van der Waals surface area contributed by atoms with Crippen molar-refractivity contribution in [2.24, 2.45) is 0 Å². The van der Waals surface area contributed by atoms with E-state index >= 15 is 0 Å². The summed E-state index contributed by atoms with van der Waals surface area (Å²) in [6.07, 6.45) is 0.470. The zero-order chi connectivity index (χ0) is 13.7. The first-order chi connectivity index (χ1) is 8.43. The number of ether oxygens (including phenoxy) is 1. The molecule has 0 aromatic heterocycles. The van der Waals surface area contributed by atoms with Crippen LogP contribution in [-0.4, -0.2) is 24.4 Å². The molecule has 3 unspecified atom stereocenters. The predicted octanol–water partition coefficient (Wildman–Crippen LogP) is 2.81. The topological polar surface area (TPSA) is 41.5 Å². The molecule has 18 heavy (non-hydrogen) atoms. The third-order valence-electron chi connectivity index (χ3n) is 3.08. The Kier molecular flexibility index (Phi) is 5.63. The Balaban J connectivity index is 2.74. The molecular formula is C15H25NO2. The molecular weight excluding hydrogens is 226 g/mol. The van der Waals surface area contributed by atoms with E-state index in [1.807, 2.05) is 13.0 Å². The average Bonchev–Trinajstić information content (AvgIpc) is 2.27. The van der Waals surface area contributed by atoms with E-state index < -0.39 is 0 Å². The molecule has 0 aliphatic heterocycles. The Bertz CT molecular complexity index is 377. The van der Waals surface area contributed by atoms with Gasteiger partial charge in [-0.1, -0.05) is 12.1 Å². The van der Waals surface area contributed by atoms with E-state index in [-0.39, 0.29) is 18.2 Å². The number of aliphatic hydroxyl groups is 1. The van der Waals surface area contributed by atoms with Gasteiger partial charge in [0.15, 0.2) is 0 Å². The first kappa shape index (κ1) is 15.0. The molecule has 3 atom stereocenters. The molecule has 0 aliphatic carbocycles. The van der Waals surface area contributed by atoms with Crippen molar-refractivity contribution in [1.29, 1.82) is 0 Å². The molecule has 0 amide bonds. The molecule has 0 saturated carbocycles. The van der Waals surface area contributed by atoms with Gasteiger partial charge < -0.3 is 15.2 Å². The standard InChI is InChI=1S/C15H25NO2/c1-10-6-7-14(15(8-10)18-5)13(4)16-11(2)9-12(3)17/h6-8,11-13,16-17H,9H2,1-5H3. The van der Waals surface area contributed by atoms with E-state index in [0.717, 1.165) is 17.7 Å². The first-order valence-electron chi connectivity index (χ1n) is 6.52. The van der Waals surface area contributed by atoms with Crippen LogP contribution in [0.5, 0.6) is 5.75 Å². The highest BCUT2D eigenvalue weighted by molar-refractivity contribution is 5.39. The normalized spacial score (nSPS) is 16.1. The highest BCUT2D eigenvalue weighted by Crippen LogP contribution is 2.26. The van der Waals surface area contributed by atoms with Gasteiger partial charge in [0.2, 0.25) is 0 Å². The van der Waals surface area contributed by atoms with Crippen LogP contribution in [0.3, 0.4) is 0 Å². The third kappa shape index (κ3) is 4.31. The highest BCUT2D eigenvalue weighted by atomic mass is 16.5. The molecule has 0 fully saturated rings. The van der Waals surface area contributed by atoms with Gasteiger partial charge in [-0.25, -0.2) is 0 Å². The summed E-state index contributed by atoms with van der Waals surface area (Å²) >= 11 is 0. The number of hydrogen-bond donors (Lipinski definition) is 2. The maximum atomic E-state index is 9.38. The van der Waals surface area contributed by atoms with E-state index in [4.69, 9.17) is 4.74 Å². The van der Waals surface area contributed by atoms with Gasteiger partial charge in [0.25, 0.3) is 0 Å². The van der Waals surface area contributed by atoms with Crippen molar-refractivity contribution in [1.82, 2.24) is 5.32 Å². The van der Waals surface area contributed by atoms with Crippen molar-refractivity contribution in [2.75, 3.05) is 7.11 Å². The fraction of sp³-hybridized carbons (Fsp3) is 0.600. The highest BCUT2D eigenvalue weighted by Gasteiger charge is 2.14. The SMILES string of the molecule is COc1cc(C)ccc1C(C)NC(C)CC(C)O. The number of hydrogen-bond acceptors (Lipinski definition) is 3. The van der Waals surface area contributed by atoms with Crippen molar-refractivity contribution < 1.29 is 9.84 Å². The van der Waals surface area contributed by atoms with Gasteiger partial charge in [-0.3, -0.25) is 0 Å². The molecule has 0 radical (unpaired) electrons. The summed E-state index contributed by atoms with van der Waals surface area (Å²) in [5.41, 5.74) is 2.35. The number of rotatable bonds is 6. The summed E-state index contributed by atoms with van der Waals surface area (Å²) in [6.45, 7) is 8.07. The van der Waals surface area contributed by atoms with Gasteiger partial charge in [-0.05, 0) is 45.7 Å². The van der Waals surface area contributed by atoms with Gasteiger partial charge in [-0.15, -0.1) is 0 Å². The molecule has 3 nitrogen and oxygen atoms in total. The fourth-order valence-corrected chi connectivity index (χ4v) is 2.27. The second-order valence-electron chi connectivity index (χ2n) is 5.12. The second-order valence-corrected chi connectivity index (χ2v) is 5.12. The van der Waals surface area contributed by atoms with Gasteiger partial charge in [-0.2, -0.15) is 0 Å². The zero-order valence-electron chi connectivity index (χ0n) is 12.0. The molecule has 0 saturated heterocycles. The molecule has 0 bridgehead atoms. The molecule has 2 N–H and O–H groups in total. The quantitative estimate of drug-likeness (QED) is 0.817. The van der Waals surface area contributed by atoms with Crippen LogP contribution in [0.2, 0.25) is 0 Å². The molecule has 3 heteroatoms. The lowest BCUT2D eigenvalue weighted by Crippen LogP contribution is -2.31. The van der Waals surface area contributed by atoms with E-state index in [9.17, 15) is 5.11 Å².